The molecule has 0 radical (unpaired) electrons. The van der Waals surface area contributed by atoms with Crippen molar-refractivity contribution in [3.05, 3.63) is 0 Å². The number of hydrazone groups is 1. The number of ether oxygens (including phenoxy) is 1. The molecule has 0 fully saturated rings. The van der Waals surface area contributed by atoms with Crippen molar-refractivity contribution < 1.29 is 19.1 Å². The number of esters is 1. The van der Waals surface area contributed by atoms with Gasteiger partial charge >= 0.3 is 11.9 Å². The zero-order chi connectivity index (χ0) is 10.0. The second-order valence-electron chi connectivity index (χ2n) is 2.33. The molecule has 6 heteroatoms. The van der Waals surface area contributed by atoms with Crippen LogP contribution in [0.1, 0.15) is 6.92 Å². The van der Waals surface area contributed by atoms with Crippen molar-refractivity contribution in [2.75, 3.05) is 13.7 Å². The zero-order valence-electron chi connectivity index (χ0n) is 7.23. The summed E-state index contributed by atoms with van der Waals surface area (Å²) in [5.41, 5.74) is -0.450. The highest BCUT2D eigenvalue weighted by molar-refractivity contribution is 6.79. The van der Waals surface area contributed by atoms with E-state index in [1.807, 2.05) is 0 Å². The molecule has 1 amide bonds. The molecule has 0 aromatic carbocycles. The molecule has 0 unspecified atom stereocenters. The standard InChI is InChI=1S/C7H8N2O4/c1-3-13-7(12)4-5(10)6(11)9(2)8-4/h3H2,1-2H3. The third-order valence-electron chi connectivity index (χ3n) is 1.42. The van der Waals surface area contributed by atoms with Crippen molar-refractivity contribution in [1.29, 1.82) is 0 Å². The van der Waals surface area contributed by atoms with Crippen LogP contribution >= 0.6 is 0 Å². The second kappa shape index (κ2) is 3.34. The number of hydrogen-bond donors (Lipinski definition) is 0. The molecule has 0 saturated carbocycles. The fourth-order valence-corrected chi connectivity index (χ4v) is 0.822. The van der Waals surface area contributed by atoms with Crippen LogP contribution in [-0.4, -0.2) is 42.0 Å². The van der Waals surface area contributed by atoms with Crippen molar-refractivity contribution in [1.82, 2.24) is 5.01 Å². The average molecular weight is 184 g/mol. The van der Waals surface area contributed by atoms with Gasteiger partial charge in [0.15, 0.2) is 0 Å². The molecule has 6 nitrogen and oxygen atoms in total. The fraction of sp³-hybridized carbons (Fsp3) is 0.429. The maximum Gasteiger partial charge on any atom is 0.363 e. The first-order chi connectivity index (χ1) is 6.07. The fourth-order valence-electron chi connectivity index (χ4n) is 0.822. The molecule has 1 heterocycles. The highest BCUT2D eigenvalue weighted by Crippen LogP contribution is 2.02. The largest absolute Gasteiger partial charge is 0.461 e. The van der Waals surface area contributed by atoms with Crippen molar-refractivity contribution >= 4 is 23.4 Å². The highest BCUT2D eigenvalue weighted by atomic mass is 16.5. The minimum Gasteiger partial charge on any atom is -0.461 e. The van der Waals surface area contributed by atoms with Gasteiger partial charge in [-0.3, -0.25) is 9.59 Å². The summed E-state index contributed by atoms with van der Waals surface area (Å²) in [6.45, 7) is 1.74. The zero-order valence-corrected chi connectivity index (χ0v) is 7.23. The van der Waals surface area contributed by atoms with Gasteiger partial charge in [-0.2, -0.15) is 5.10 Å². The van der Waals surface area contributed by atoms with Crippen LogP contribution in [0.2, 0.25) is 0 Å². The molecule has 0 saturated heterocycles. The summed E-state index contributed by atoms with van der Waals surface area (Å²) in [5.74, 6) is -2.59. The summed E-state index contributed by atoms with van der Waals surface area (Å²) in [5, 5.41) is 4.26. The van der Waals surface area contributed by atoms with Gasteiger partial charge in [-0.1, -0.05) is 0 Å². The Morgan fingerprint density at radius 1 is 1.54 bits per heavy atom. The smallest absolute Gasteiger partial charge is 0.363 e. The average Bonchev–Trinajstić information content (AvgIpc) is 2.33. The maximum atomic E-state index is 11.0. The quantitative estimate of drug-likeness (QED) is 0.405. The first-order valence-electron chi connectivity index (χ1n) is 3.66. The number of ketones is 1. The van der Waals surface area contributed by atoms with Gasteiger partial charge in [0.25, 0.3) is 5.78 Å². The van der Waals surface area contributed by atoms with Gasteiger partial charge in [0.2, 0.25) is 5.71 Å². The van der Waals surface area contributed by atoms with E-state index >= 15 is 0 Å². The summed E-state index contributed by atoms with van der Waals surface area (Å²) in [4.78, 5) is 32.9. The minimum atomic E-state index is -0.916. The van der Waals surface area contributed by atoms with E-state index < -0.39 is 23.4 Å². The molecule has 0 spiro atoms. The number of amides is 1. The Bertz CT molecular complexity index is 308. The first kappa shape index (κ1) is 9.37. The summed E-state index contributed by atoms with van der Waals surface area (Å²) in [6.07, 6.45) is 0. The number of carbonyl (C=O) groups excluding carboxylic acids is 3. The van der Waals surface area contributed by atoms with E-state index in [9.17, 15) is 14.4 Å². The molecule has 0 N–H and O–H groups in total. The monoisotopic (exact) mass is 184 g/mol. The van der Waals surface area contributed by atoms with Crippen molar-refractivity contribution in [2.45, 2.75) is 6.92 Å². The van der Waals surface area contributed by atoms with Crippen LogP contribution in [-0.2, 0) is 19.1 Å². The Balaban J connectivity index is 2.83. The first-order valence-corrected chi connectivity index (χ1v) is 3.66. The molecule has 1 rings (SSSR count). The number of hydrogen-bond acceptors (Lipinski definition) is 5. The molecule has 0 bridgehead atoms. The van der Waals surface area contributed by atoms with Crippen molar-refractivity contribution in [2.24, 2.45) is 5.10 Å². The van der Waals surface area contributed by atoms with Gasteiger partial charge in [0.1, 0.15) is 0 Å². The van der Waals surface area contributed by atoms with Crippen molar-refractivity contribution in [3.63, 3.8) is 0 Å². The lowest BCUT2D eigenvalue weighted by molar-refractivity contribution is -0.140. The molecule has 70 valence electrons. The normalized spacial score (nSPS) is 16.2. The van der Waals surface area contributed by atoms with E-state index in [-0.39, 0.29) is 6.61 Å². The number of rotatable bonds is 2. The van der Waals surface area contributed by atoms with Gasteiger partial charge in [-0.15, -0.1) is 0 Å². The summed E-state index contributed by atoms with van der Waals surface area (Å²) < 4.78 is 4.52. The van der Waals surface area contributed by atoms with Gasteiger partial charge < -0.3 is 4.74 Å². The van der Waals surface area contributed by atoms with Crippen LogP contribution in [0.25, 0.3) is 0 Å². The van der Waals surface area contributed by atoms with Gasteiger partial charge in [-0.05, 0) is 6.92 Å². The van der Waals surface area contributed by atoms with E-state index in [0.717, 1.165) is 5.01 Å². The van der Waals surface area contributed by atoms with Crippen molar-refractivity contribution in [3.8, 4) is 0 Å². The number of Topliss-reactive ketones (excluding diaryl/α,β-unsaturated/α-hetero) is 1. The Labute approximate surface area is 74.1 Å². The summed E-state index contributed by atoms with van der Waals surface area (Å²) in [7, 11) is 1.30. The Morgan fingerprint density at radius 2 is 2.15 bits per heavy atom. The maximum absolute atomic E-state index is 11.0. The third kappa shape index (κ3) is 1.56. The summed E-state index contributed by atoms with van der Waals surface area (Å²) in [6, 6.07) is 0. The molecule has 1 aliphatic rings. The summed E-state index contributed by atoms with van der Waals surface area (Å²) >= 11 is 0. The van der Waals surface area contributed by atoms with Crippen LogP contribution in [0.3, 0.4) is 0 Å². The van der Waals surface area contributed by atoms with Crippen LogP contribution < -0.4 is 0 Å². The number of nitrogens with zero attached hydrogens (tertiary/aromatic N) is 2. The molecule has 0 aromatic heterocycles. The molecule has 1 aliphatic heterocycles. The Hall–Kier alpha value is -1.72. The van der Waals surface area contributed by atoms with E-state index in [0.29, 0.717) is 0 Å². The van der Waals surface area contributed by atoms with E-state index in [4.69, 9.17) is 0 Å². The molecule has 13 heavy (non-hydrogen) atoms. The topological polar surface area (TPSA) is 76.0 Å². The molecular weight excluding hydrogens is 176 g/mol. The second-order valence-corrected chi connectivity index (χ2v) is 2.33. The minimum absolute atomic E-state index is 0.142. The lowest BCUT2D eigenvalue weighted by Gasteiger charge is -1.97. The number of likely N-dealkylation sites (N-methyl/N-ethyl adjacent to an activating group) is 1. The predicted octanol–water partition coefficient (Wildman–Crippen LogP) is -1.05. The molecular formula is C7H8N2O4. The van der Waals surface area contributed by atoms with Crippen LogP contribution in [0, 0.1) is 0 Å². The van der Waals surface area contributed by atoms with Gasteiger partial charge in [-0.25, -0.2) is 9.80 Å². The van der Waals surface area contributed by atoms with E-state index in [2.05, 4.69) is 9.84 Å². The van der Waals surface area contributed by atoms with E-state index in [1.54, 1.807) is 6.92 Å². The van der Waals surface area contributed by atoms with Crippen LogP contribution in [0.5, 0.6) is 0 Å². The molecule has 0 atom stereocenters. The lowest BCUT2D eigenvalue weighted by atomic mass is 10.2. The van der Waals surface area contributed by atoms with Gasteiger partial charge in [0, 0.05) is 7.05 Å². The Kier molecular flexibility index (Phi) is 2.41. The SMILES string of the molecule is CCOC(=O)C1=NN(C)C(=O)C1=O. The molecule has 0 aromatic rings. The highest BCUT2D eigenvalue weighted by Gasteiger charge is 2.36. The lowest BCUT2D eigenvalue weighted by Crippen LogP contribution is -2.29. The predicted molar refractivity (Wildman–Crippen MR) is 41.8 cm³/mol. The van der Waals surface area contributed by atoms with Gasteiger partial charge in [0.05, 0.1) is 6.61 Å². The van der Waals surface area contributed by atoms with Crippen LogP contribution in [0.15, 0.2) is 5.10 Å². The third-order valence-corrected chi connectivity index (χ3v) is 1.42. The van der Waals surface area contributed by atoms with Crippen LogP contribution in [0.4, 0.5) is 0 Å². The Morgan fingerprint density at radius 3 is 2.54 bits per heavy atom. The number of carbonyl (C=O) groups is 3. The molecule has 0 aliphatic carbocycles. The van der Waals surface area contributed by atoms with E-state index in [1.165, 1.54) is 7.05 Å².